The standard InChI is InChI=1S/C20H17N3O2S2/c1-26-19-15(4-2-9-21-19)18(24)22-14-7-6-13-8-10-23(16(13)12-14)20(25)17-5-3-11-27-17/h2-7,9,11-12H,8,10H2,1H3,(H,22,24). The highest BCUT2D eigenvalue weighted by molar-refractivity contribution is 7.98. The summed E-state index contributed by atoms with van der Waals surface area (Å²) in [5.41, 5.74) is 3.18. The van der Waals surface area contributed by atoms with E-state index in [1.807, 2.05) is 42.0 Å². The van der Waals surface area contributed by atoms with Crippen molar-refractivity contribution < 1.29 is 9.59 Å². The van der Waals surface area contributed by atoms with Gasteiger partial charge >= 0.3 is 0 Å². The molecular formula is C20H17N3O2S2. The van der Waals surface area contributed by atoms with Crippen LogP contribution in [0.2, 0.25) is 0 Å². The average molecular weight is 396 g/mol. The number of carbonyl (C=O) groups is 2. The SMILES string of the molecule is CSc1ncccc1C(=O)Nc1ccc2c(c1)N(C(=O)c1cccs1)CC2. The molecule has 0 unspecified atom stereocenters. The molecule has 0 spiro atoms. The highest BCUT2D eigenvalue weighted by Gasteiger charge is 2.26. The van der Waals surface area contributed by atoms with Gasteiger partial charge in [-0.05, 0) is 54.0 Å². The molecule has 7 heteroatoms. The van der Waals surface area contributed by atoms with E-state index in [0.29, 0.717) is 22.8 Å². The Kier molecular flexibility index (Phi) is 4.96. The third-order valence-electron chi connectivity index (χ3n) is 4.42. The first-order valence-electron chi connectivity index (χ1n) is 8.46. The minimum atomic E-state index is -0.207. The van der Waals surface area contributed by atoms with E-state index in [-0.39, 0.29) is 11.8 Å². The number of rotatable bonds is 4. The molecule has 2 aromatic heterocycles. The fourth-order valence-corrected chi connectivity index (χ4v) is 4.34. The Hall–Kier alpha value is -2.64. The Morgan fingerprint density at radius 2 is 2.11 bits per heavy atom. The van der Waals surface area contributed by atoms with E-state index in [1.165, 1.54) is 23.1 Å². The van der Waals surface area contributed by atoms with Gasteiger partial charge in [0.25, 0.3) is 11.8 Å². The predicted molar refractivity (Wildman–Crippen MR) is 110 cm³/mol. The summed E-state index contributed by atoms with van der Waals surface area (Å²) in [7, 11) is 0. The first-order chi connectivity index (χ1) is 13.2. The van der Waals surface area contributed by atoms with Gasteiger partial charge in [0, 0.05) is 24.1 Å². The Labute approximate surface area is 165 Å². The summed E-state index contributed by atoms with van der Waals surface area (Å²) in [4.78, 5) is 32.1. The maximum absolute atomic E-state index is 12.7. The van der Waals surface area contributed by atoms with Crippen LogP contribution in [0, 0.1) is 0 Å². The molecule has 2 amide bonds. The fraction of sp³-hybridized carbons (Fsp3) is 0.150. The summed E-state index contributed by atoms with van der Waals surface area (Å²) in [6.45, 7) is 0.655. The van der Waals surface area contributed by atoms with Crippen LogP contribution in [0.5, 0.6) is 0 Å². The molecule has 0 aliphatic carbocycles. The molecule has 3 heterocycles. The largest absolute Gasteiger partial charge is 0.322 e. The molecule has 0 saturated heterocycles. The van der Waals surface area contributed by atoms with Crippen LogP contribution in [0.15, 0.2) is 59.1 Å². The van der Waals surface area contributed by atoms with Crippen molar-refractivity contribution in [2.45, 2.75) is 11.4 Å². The van der Waals surface area contributed by atoms with Gasteiger partial charge in [-0.1, -0.05) is 12.1 Å². The van der Waals surface area contributed by atoms with Gasteiger partial charge in [0.05, 0.1) is 10.4 Å². The summed E-state index contributed by atoms with van der Waals surface area (Å²) < 4.78 is 0. The van der Waals surface area contributed by atoms with E-state index in [0.717, 1.165) is 22.5 Å². The van der Waals surface area contributed by atoms with Crippen LogP contribution >= 0.6 is 23.1 Å². The fourth-order valence-electron chi connectivity index (χ4n) is 3.13. The van der Waals surface area contributed by atoms with Gasteiger partial charge in [0.2, 0.25) is 0 Å². The molecule has 0 atom stereocenters. The van der Waals surface area contributed by atoms with Gasteiger partial charge in [-0.2, -0.15) is 0 Å². The molecule has 5 nitrogen and oxygen atoms in total. The van der Waals surface area contributed by atoms with Gasteiger partial charge in [-0.15, -0.1) is 23.1 Å². The Balaban J connectivity index is 1.59. The molecule has 1 aliphatic heterocycles. The second kappa shape index (κ2) is 7.54. The third kappa shape index (κ3) is 3.48. The molecule has 1 aliphatic rings. The van der Waals surface area contributed by atoms with E-state index in [2.05, 4.69) is 10.3 Å². The first kappa shape index (κ1) is 17.8. The lowest BCUT2D eigenvalue weighted by Crippen LogP contribution is -2.28. The van der Waals surface area contributed by atoms with E-state index in [1.54, 1.807) is 23.2 Å². The van der Waals surface area contributed by atoms with E-state index in [9.17, 15) is 9.59 Å². The van der Waals surface area contributed by atoms with Crippen molar-refractivity contribution in [3.8, 4) is 0 Å². The third-order valence-corrected chi connectivity index (χ3v) is 5.99. The molecular weight excluding hydrogens is 378 g/mol. The molecule has 136 valence electrons. The van der Waals surface area contributed by atoms with Crippen LogP contribution in [0.1, 0.15) is 25.6 Å². The number of thiophene rings is 1. The number of fused-ring (bicyclic) bond motifs is 1. The van der Waals surface area contributed by atoms with Crippen molar-refractivity contribution in [1.82, 2.24) is 4.98 Å². The molecule has 0 bridgehead atoms. The molecule has 0 radical (unpaired) electrons. The van der Waals surface area contributed by atoms with Crippen molar-refractivity contribution in [3.05, 3.63) is 70.0 Å². The molecule has 1 aromatic carbocycles. The molecule has 0 saturated carbocycles. The Morgan fingerprint density at radius 3 is 2.89 bits per heavy atom. The Bertz CT molecular complexity index is 1000. The number of pyridine rings is 1. The number of benzene rings is 1. The van der Waals surface area contributed by atoms with E-state index in [4.69, 9.17) is 0 Å². The number of hydrogen-bond donors (Lipinski definition) is 1. The maximum atomic E-state index is 12.7. The Morgan fingerprint density at radius 1 is 1.22 bits per heavy atom. The van der Waals surface area contributed by atoms with Crippen LogP contribution in [0.25, 0.3) is 0 Å². The van der Waals surface area contributed by atoms with Gasteiger partial charge in [-0.3, -0.25) is 9.59 Å². The van der Waals surface area contributed by atoms with Gasteiger partial charge in [0.15, 0.2) is 0 Å². The summed E-state index contributed by atoms with van der Waals surface area (Å²) in [6, 6.07) is 13.0. The molecule has 1 N–H and O–H groups in total. The van der Waals surface area contributed by atoms with Crippen LogP contribution in [-0.4, -0.2) is 29.6 Å². The number of amides is 2. The number of carbonyl (C=O) groups excluding carboxylic acids is 2. The lowest BCUT2D eigenvalue weighted by molar-refractivity contribution is 0.0991. The quantitative estimate of drug-likeness (QED) is 0.668. The molecule has 4 rings (SSSR count). The maximum Gasteiger partial charge on any atom is 0.268 e. The van der Waals surface area contributed by atoms with Crippen molar-refractivity contribution in [1.29, 1.82) is 0 Å². The van der Waals surface area contributed by atoms with Crippen molar-refractivity contribution in [3.63, 3.8) is 0 Å². The minimum absolute atomic E-state index is 0.00385. The zero-order valence-corrected chi connectivity index (χ0v) is 16.3. The number of hydrogen-bond acceptors (Lipinski definition) is 5. The highest BCUT2D eigenvalue weighted by Crippen LogP contribution is 2.33. The lowest BCUT2D eigenvalue weighted by atomic mass is 10.1. The molecule has 3 aromatic rings. The van der Waals surface area contributed by atoms with E-state index >= 15 is 0 Å². The topological polar surface area (TPSA) is 62.3 Å². The normalized spacial score (nSPS) is 12.7. The summed E-state index contributed by atoms with van der Waals surface area (Å²) in [5.74, 6) is -0.203. The van der Waals surface area contributed by atoms with Crippen LogP contribution < -0.4 is 10.2 Å². The zero-order chi connectivity index (χ0) is 18.8. The van der Waals surface area contributed by atoms with Gasteiger partial charge in [0.1, 0.15) is 5.03 Å². The summed E-state index contributed by atoms with van der Waals surface area (Å²) in [6.07, 6.45) is 4.38. The zero-order valence-electron chi connectivity index (χ0n) is 14.6. The number of thioether (sulfide) groups is 1. The van der Waals surface area contributed by atoms with Crippen LogP contribution in [-0.2, 0) is 6.42 Å². The smallest absolute Gasteiger partial charge is 0.268 e. The van der Waals surface area contributed by atoms with Crippen LogP contribution in [0.4, 0.5) is 11.4 Å². The number of anilines is 2. The minimum Gasteiger partial charge on any atom is -0.322 e. The monoisotopic (exact) mass is 395 g/mol. The predicted octanol–water partition coefficient (Wildman–Crippen LogP) is 4.32. The second-order valence-corrected chi connectivity index (χ2v) is 7.78. The van der Waals surface area contributed by atoms with Crippen molar-refractivity contribution >= 4 is 46.3 Å². The first-order valence-corrected chi connectivity index (χ1v) is 10.6. The van der Waals surface area contributed by atoms with Crippen LogP contribution in [0.3, 0.4) is 0 Å². The molecule has 0 fully saturated rings. The second-order valence-electron chi connectivity index (χ2n) is 6.04. The van der Waals surface area contributed by atoms with Crippen molar-refractivity contribution in [2.24, 2.45) is 0 Å². The number of nitrogens with one attached hydrogen (secondary N) is 1. The van der Waals surface area contributed by atoms with E-state index < -0.39 is 0 Å². The summed E-state index contributed by atoms with van der Waals surface area (Å²) >= 11 is 2.87. The van der Waals surface area contributed by atoms with Gasteiger partial charge in [-0.25, -0.2) is 4.98 Å². The lowest BCUT2D eigenvalue weighted by Gasteiger charge is -2.17. The highest BCUT2D eigenvalue weighted by atomic mass is 32.2. The number of nitrogens with zero attached hydrogens (tertiary/aromatic N) is 2. The van der Waals surface area contributed by atoms with Crippen molar-refractivity contribution in [2.75, 3.05) is 23.0 Å². The summed E-state index contributed by atoms with van der Waals surface area (Å²) in [5, 5.41) is 5.52. The number of aromatic nitrogens is 1. The van der Waals surface area contributed by atoms with Gasteiger partial charge < -0.3 is 10.2 Å². The average Bonchev–Trinajstić information content (AvgIpc) is 3.37. The molecule has 27 heavy (non-hydrogen) atoms.